The normalized spacial score (nSPS) is 13.2. The Morgan fingerprint density at radius 3 is 2.57 bits per heavy atom. The molecule has 4 aromatic carbocycles. The van der Waals surface area contributed by atoms with Crippen LogP contribution in [-0.2, 0) is 12.8 Å². The Labute approximate surface area is 163 Å². The average molecular weight is 367 g/mol. The van der Waals surface area contributed by atoms with Gasteiger partial charge in [0.2, 0.25) is 0 Å². The summed E-state index contributed by atoms with van der Waals surface area (Å²) in [5.41, 5.74) is 10.8. The molecule has 4 nitrogen and oxygen atoms in total. The Morgan fingerprint density at radius 2 is 1.71 bits per heavy atom. The van der Waals surface area contributed by atoms with Gasteiger partial charge in [-0.3, -0.25) is 0 Å². The van der Waals surface area contributed by atoms with Crippen LogP contribution in [-0.4, -0.2) is 13.1 Å². The average Bonchev–Trinajstić information content (AvgIpc) is 3.14. The van der Waals surface area contributed by atoms with Crippen LogP contribution in [0.2, 0.25) is 0 Å². The maximum atomic E-state index is 6.25. The van der Waals surface area contributed by atoms with Crippen molar-refractivity contribution in [1.29, 1.82) is 0 Å². The predicted molar refractivity (Wildman–Crippen MR) is 117 cm³/mol. The number of aryl methyl sites for hydroxylation is 2. The number of anilines is 1. The van der Waals surface area contributed by atoms with E-state index in [1.165, 1.54) is 16.5 Å². The Morgan fingerprint density at radius 1 is 0.929 bits per heavy atom. The van der Waals surface area contributed by atoms with Crippen LogP contribution in [0, 0.1) is 0 Å². The number of nitrogens with zero attached hydrogens (tertiary/aromatic N) is 1. The molecule has 0 fully saturated rings. The summed E-state index contributed by atoms with van der Waals surface area (Å²) in [7, 11) is 1.68. The maximum absolute atomic E-state index is 6.25. The molecule has 28 heavy (non-hydrogen) atoms. The van der Waals surface area contributed by atoms with E-state index in [1.807, 2.05) is 30.3 Å². The Bertz CT molecular complexity index is 1230. The van der Waals surface area contributed by atoms with Crippen molar-refractivity contribution in [3.63, 3.8) is 0 Å². The summed E-state index contributed by atoms with van der Waals surface area (Å²) in [4.78, 5) is 4.67. The van der Waals surface area contributed by atoms with E-state index in [-0.39, 0.29) is 0 Å². The number of nitrogens with two attached hydrogens (primary N) is 1. The van der Waals surface area contributed by atoms with Crippen LogP contribution in [0.25, 0.3) is 21.5 Å². The molecule has 0 radical (unpaired) electrons. The number of hydrogen-bond acceptors (Lipinski definition) is 2. The molecule has 4 aromatic rings. The smallest absolute Gasteiger partial charge is 0.198 e. The highest BCUT2D eigenvalue weighted by Gasteiger charge is 2.15. The van der Waals surface area contributed by atoms with E-state index in [9.17, 15) is 0 Å². The van der Waals surface area contributed by atoms with Crippen molar-refractivity contribution in [2.75, 3.05) is 12.4 Å². The molecule has 138 valence electrons. The topological polar surface area (TPSA) is 59.6 Å². The fourth-order valence-corrected chi connectivity index (χ4v) is 4.15. The molecule has 0 saturated carbocycles. The van der Waals surface area contributed by atoms with Crippen molar-refractivity contribution >= 4 is 38.9 Å². The third kappa shape index (κ3) is 2.74. The van der Waals surface area contributed by atoms with E-state index in [1.54, 1.807) is 7.11 Å². The summed E-state index contributed by atoms with van der Waals surface area (Å²) >= 11 is 0. The van der Waals surface area contributed by atoms with Crippen molar-refractivity contribution in [2.45, 2.75) is 12.8 Å². The lowest BCUT2D eigenvalue weighted by Crippen LogP contribution is -2.22. The molecule has 0 bridgehead atoms. The van der Waals surface area contributed by atoms with Crippen LogP contribution in [0.3, 0.4) is 0 Å². The van der Waals surface area contributed by atoms with Gasteiger partial charge in [0, 0.05) is 22.5 Å². The highest BCUT2D eigenvalue weighted by molar-refractivity contribution is 6.03. The van der Waals surface area contributed by atoms with Gasteiger partial charge < -0.3 is 15.8 Å². The lowest BCUT2D eigenvalue weighted by atomic mass is 10.0. The predicted octanol–water partition coefficient (Wildman–Crippen LogP) is 5.16. The second kappa shape index (κ2) is 6.57. The van der Waals surface area contributed by atoms with Crippen molar-refractivity contribution in [1.82, 2.24) is 0 Å². The molecule has 0 aromatic heterocycles. The minimum Gasteiger partial charge on any atom is -0.496 e. The number of rotatable bonds is 3. The first-order chi connectivity index (χ1) is 13.7. The number of guanidine groups is 1. The molecule has 4 heteroatoms. The Balaban J connectivity index is 1.53. The van der Waals surface area contributed by atoms with E-state index in [4.69, 9.17) is 10.5 Å². The highest BCUT2D eigenvalue weighted by atomic mass is 16.5. The van der Waals surface area contributed by atoms with Crippen LogP contribution in [0.5, 0.6) is 5.75 Å². The fourth-order valence-electron chi connectivity index (χ4n) is 4.15. The van der Waals surface area contributed by atoms with Crippen LogP contribution in [0.4, 0.5) is 11.4 Å². The van der Waals surface area contributed by atoms with E-state index < -0.39 is 0 Å². The summed E-state index contributed by atoms with van der Waals surface area (Å²) in [6.45, 7) is 0. The first-order valence-corrected chi connectivity index (χ1v) is 9.44. The molecule has 0 aliphatic heterocycles. The lowest BCUT2D eigenvalue weighted by molar-refractivity contribution is 0.420. The minimum absolute atomic E-state index is 0.357. The van der Waals surface area contributed by atoms with Gasteiger partial charge in [0.15, 0.2) is 5.96 Å². The highest BCUT2D eigenvalue weighted by Crippen LogP contribution is 2.36. The molecule has 0 atom stereocenters. The third-order valence-electron chi connectivity index (χ3n) is 5.41. The third-order valence-corrected chi connectivity index (χ3v) is 5.41. The second-order valence-corrected chi connectivity index (χ2v) is 7.11. The zero-order chi connectivity index (χ0) is 19.1. The molecule has 1 aliphatic rings. The zero-order valence-corrected chi connectivity index (χ0v) is 15.7. The molecular formula is C24H21N3O. The van der Waals surface area contributed by atoms with E-state index in [0.29, 0.717) is 5.96 Å². The largest absolute Gasteiger partial charge is 0.496 e. The number of fused-ring (bicyclic) bond motifs is 1. The van der Waals surface area contributed by atoms with Gasteiger partial charge in [-0.05, 0) is 46.9 Å². The Kier molecular flexibility index (Phi) is 3.90. The van der Waals surface area contributed by atoms with E-state index in [2.05, 4.69) is 46.7 Å². The van der Waals surface area contributed by atoms with Crippen molar-refractivity contribution in [3.8, 4) is 5.75 Å². The number of hydrogen-bond donors (Lipinski definition) is 2. The van der Waals surface area contributed by atoms with Crippen LogP contribution >= 0.6 is 0 Å². The number of methoxy groups -OCH3 is 1. The second-order valence-electron chi connectivity index (χ2n) is 7.11. The van der Waals surface area contributed by atoms with Gasteiger partial charge in [-0.25, -0.2) is 4.99 Å². The number of ether oxygens (including phenoxy) is 1. The molecule has 0 saturated heterocycles. The van der Waals surface area contributed by atoms with Crippen LogP contribution in [0.1, 0.15) is 11.1 Å². The minimum atomic E-state index is 0.357. The molecule has 0 heterocycles. The molecule has 0 spiro atoms. The van der Waals surface area contributed by atoms with Crippen LogP contribution in [0.15, 0.2) is 71.7 Å². The van der Waals surface area contributed by atoms with Crippen molar-refractivity contribution in [3.05, 3.63) is 77.9 Å². The standard InChI is InChI=1S/C24H21N3O/c1-28-22-14-18(13-17-5-2-3-7-19(17)22)26-24(25)27-21-12-11-16-10-9-15-6-4-8-20(21)23(15)16/h2-8,11-14H,9-10H2,1H3,(H3,25,26,27). The van der Waals surface area contributed by atoms with Gasteiger partial charge in [-0.1, -0.05) is 48.5 Å². The number of nitrogens with one attached hydrogen (secondary N) is 1. The van der Waals surface area contributed by atoms with Gasteiger partial charge in [0.1, 0.15) is 5.75 Å². The van der Waals surface area contributed by atoms with Gasteiger partial charge in [-0.2, -0.15) is 0 Å². The van der Waals surface area contributed by atoms with Gasteiger partial charge in [0.25, 0.3) is 0 Å². The van der Waals surface area contributed by atoms with Gasteiger partial charge in [-0.15, -0.1) is 0 Å². The van der Waals surface area contributed by atoms with Crippen molar-refractivity contribution in [2.24, 2.45) is 10.7 Å². The SMILES string of the molecule is COc1cc(NC(N)=Nc2ccc3c4c(cccc24)CC3)cc2ccccc12. The molecule has 5 rings (SSSR count). The molecule has 0 amide bonds. The maximum Gasteiger partial charge on any atom is 0.198 e. The number of aliphatic imine (C=N–C) groups is 1. The summed E-state index contributed by atoms with van der Waals surface area (Å²) < 4.78 is 5.54. The van der Waals surface area contributed by atoms with Crippen molar-refractivity contribution < 1.29 is 4.74 Å². The first-order valence-electron chi connectivity index (χ1n) is 9.44. The van der Waals surface area contributed by atoms with Gasteiger partial charge >= 0.3 is 0 Å². The zero-order valence-electron chi connectivity index (χ0n) is 15.7. The summed E-state index contributed by atoms with van der Waals surface area (Å²) in [5, 5.41) is 7.87. The van der Waals surface area contributed by atoms with E-state index in [0.717, 1.165) is 46.1 Å². The molecule has 1 aliphatic carbocycles. The molecule has 0 unspecified atom stereocenters. The Hall–Kier alpha value is -3.53. The molecular weight excluding hydrogens is 346 g/mol. The van der Waals surface area contributed by atoms with Crippen LogP contribution < -0.4 is 15.8 Å². The summed E-state index contributed by atoms with van der Waals surface area (Å²) in [6, 6.07) is 22.8. The first kappa shape index (κ1) is 16.6. The quantitative estimate of drug-likeness (QED) is 0.388. The summed E-state index contributed by atoms with van der Waals surface area (Å²) in [6.07, 6.45) is 2.20. The molecule has 3 N–H and O–H groups in total. The monoisotopic (exact) mass is 367 g/mol. The summed E-state index contributed by atoms with van der Waals surface area (Å²) in [5.74, 6) is 1.16. The van der Waals surface area contributed by atoms with E-state index >= 15 is 0 Å². The lowest BCUT2D eigenvalue weighted by Gasteiger charge is -2.11. The fraction of sp³-hybridized carbons (Fsp3) is 0.125. The number of benzene rings is 4. The van der Waals surface area contributed by atoms with Gasteiger partial charge in [0.05, 0.1) is 12.8 Å².